The summed E-state index contributed by atoms with van der Waals surface area (Å²) in [6.45, 7) is -0.911. The second kappa shape index (κ2) is 12.5. The summed E-state index contributed by atoms with van der Waals surface area (Å²) in [5.41, 5.74) is 15.5. The van der Waals surface area contributed by atoms with Crippen LogP contribution in [0.25, 0.3) is 0 Å². The molecule has 2 unspecified atom stereocenters. The molecule has 0 aliphatic heterocycles. The van der Waals surface area contributed by atoms with E-state index in [1.807, 2.05) is 5.32 Å². The molecule has 15 nitrogen and oxygen atoms in total. The lowest BCUT2D eigenvalue weighted by molar-refractivity contribution is -0.141. The van der Waals surface area contributed by atoms with Crippen molar-refractivity contribution in [1.82, 2.24) is 16.0 Å². The van der Waals surface area contributed by atoms with Crippen molar-refractivity contribution in [1.29, 1.82) is 0 Å². The average molecular weight is 439 g/mol. The van der Waals surface area contributed by atoms with Gasteiger partial charge in [0.05, 0.1) is 13.1 Å². The second-order valence-corrected chi connectivity index (χ2v) is 7.19. The molecule has 0 aliphatic rings. The van der Waals surface area contributed by atoms with Crippen molar-refractivity contribution in [3.63, 3.8) is 0 Å². The zero-order chi connectivity index (χ0) is 22.6. The van der Waals surface area contributed by atoms with Gasteiger partial charge < -0.3 is 38.3 Å². The maximum atomic E-state index is 12.2. The summed E-state index contributed by atoms with van der Waals surface area (Å²) in [5.74, 6) is -5.52. The number of carbonyl (C=O) groups excluding carboxylic acids is 3. The highest BCUT2D eigenvalue weighted by atomic mass is 32.2. The van der Waals surface area contributed by atoms with Crippen LogP contribution in [-0.2, 0) is 29.3 Å². The Bertz CT molecular complexity index is 735. The molecular weight excluding hydrogens is 414 g/mol. The molecule has 0 aromatic rings. The fourth-order valence-corrected chi connectivity index (χ4v) is 2.59. The number of aliphatic imine (C=N–C) groups is 1. The van der Waals surface area contributed by atoms with Crippen LogP contribution in [0.5, 0.6) is 0 Å². The first-order chi connectivity index (χ1) is 13.4. The number of aliphatic carboxylic acids is 1. The number of carboxylic acids is 1. The number of rotatable bonds is 13. The molecule has 16 heteroatoms. The average Bonchev–Trinajstić information content (AvgIpc) is 2.59. The third-order valence-corrected chi connectivity index (χ3v) is 3.97. The Morgan fingerprint density at radius 2 is 1.62 bits per heavy atom. The molecule has 29 heavy (non-hydrogen) atoms. The molecule has 0 fully saturated rings. The molecule has 0 aromatic heterocycles. The van der Waals surface area contributed by atoms with Crippen LogP contribution in [0.15, 0.2) is 4.99 Å². The van der Waals surface area contributed by atoms with Crippen molar-refractivity contribution in [2.75, 3.05) is 25.4 Å². The van der Waals surface area contributed by atoms with E-state index in [9.17, 15) is 27.6 Å². The maximum absolute atomic E-state index is 12.2. The highest BCUT2D eigenvalue weighted by Crippen LogP contribution is 1.99. The summed E-state index contributed by atoms with van der Waals surface area (Å²) in [6.07, 6.45) is 0.416. The van der Waals surface area contributed by atoms with Gasteiger partial charge in [0, 0.05) is 6.54 Å². The van der Waals surface area contributed by atoms with E-state index in [2.05, 4.69) is 15.6 Å². The molecule has 3 amide bonds. The van der Waals surface area contributed by atoms with Crippen LogP contribution in [0, 0.1) is 0 Å². The Hall–Kier alpha value is -2.98. The monoisotopic (exact) mass is 439 g/mol. The second-order valence-electron chi connectivity index (χ2n) is 5.70. The Morgan fingerprint density at radius 3 is 2.10 bits per heavy atom. The van der Waals surface area contributed by atoms with E-state index in [1.54, 1.807) is 0 Å². The van der Waals surface area contributed by atoms with E-state index in [0.717, 1.165) is 0 Å². The number of carboxylic acid groups (broad SMARTS) is 1. The third-order valence-electron chi connectivity index (χ3n) is 3.22. The molecule has 0 saturated carbocycles. The number of nitrogens with zero attached hydrogens (tertiary/aromatic N) is 1. The van der Waals surface area contributed by atoms with E-state index in [4.69, 9.17) is 26.9 Å². The van der Waals surface area contributed by atoms with Gasteiger partial charge in [-0.3, -0.25) is 23.9 Å². The van der Waals surface area contributed by atoms with E-state index in [1.165, 1.54) is 0 Å². The fourth-order valence-electron chi connectivity index (χ4n) is 1.95. The minimum Gasteiger partial charge on any atom is -0.480 e. The Labute approximate surface area is 166 Å². The van der Waals surface area contributed by atoms with Crippen LogP contribution >= 0.6 is 0 Å². The first kappa shape index (κ1) is 26.0. The summed E-state index contributed by atoms with van der Waals surface area (Å²) < 4.78 is 30.3. The van der Waals surface area contributed by atoms with Crippen LogP contribution < -0.4 is 33.2 Å². The zero-order valence-corrected chi connectivity index (χ0v) is 16.1. The summed E-state index contributed by atoms with van der Waals surface area (Å²) in [4.78, 5) is 50.1. The summed E-state index contributed by atoms with van der Waals surface area (Å²) in [7, 11) is -4.66. The van der Waals surface area contributed by atoms with Crippen molar-refractivity contribution in [2.45, 2.75) is 24.9 Å². The lowest BCUT2D eigenvalue weighted by Gasteiger charge is -2.18. The molecule has 2 atom stereocenters. The van der Waals surface area contributed by atoms with E-state index < -0.39 is 58.2 Å². The highest BCUT2D eigenvalue weighted by molar-refractivity contribution is 7.85. The molecule has 0 heterocycles. The van der Waals surface area contributed by atoms with E-state index in [-0.39, 0.29) is 25.5 Å². The van der Waals surface area contributed by atoms with Crippen molar-refractivity contribution in [3.8, 4) is 0 Å². The van der Waals surface area contributed by atoms with E-state index in [0.29, 0.717) is 6.42 Å². The molecule has 0 saturated heterocycles. The number of guanidine groups is 1. The standard InChI is InChI=1S/C13H25N7O8S/c14-4-9(21)19-7(2-1-3-17-13(15)16)11(23)18-5-10(22)20-8(12(24)25)6-29(26,27)28/h7-8H,1-6,14H2,(H,18,23)(H,19,21)(H,20,22)(H,24,25)(H4,15,16,17)(H,26,27,28). The molecule has 0 bridgehead atoms. The van der Waals surface area contributed by atoms with Gasteiger partial charge in [-0.25, -0.2) is 4.79 Å². The largest absolute Gasteiger partial charge is 0.480 e. The lowest BCUT2D eigenvalue weighted by Crippen LogP contribution is -2.52. The van der Waals surface area contributed by atoms with Crippen LogP contribution in [0.1, 0.15) is 12.8 Å². The van der Waals surface area contributed by atoms with Gasteiger partial charge in [0.1, 0.15) is 17.8 Å². The highest BCUT2D eigenvalue weighted by Gasteiger charge is 2.26. The van der Waals surface area contributed by atoms with Crippen molar-refractivity contribution < 1.29 is 37.3 Å². The number of hydrogen-bond acceptors (Lipinski definition) is 8. The van der Waals surface area contributed by atoms with Crippen molar-refractivity contribution in [2.24, 2.45) is 22.2 Å². The Morgan fingerprint density at radius 1 is 1.03 bits per heavy atom. The van der Waals surface area contributed by atoms with Gasteiger partial charge in [0.2, 0.25) is 17.7 Å². The molecular formula is C13H25N7O8S. The molecule has 11 N–H and O–H groups in total. The van der Waals surface area contributed by atoms with E-state index >= 15 is 0 Å². The fraction of sp³-hybridized carbons (Fsp3) is 0.615. The molecule has 0 aromatic carbocycles. The van der Waals surface area contributed by atoms with Crippen LogP contribution in [0.4, 0.5) is 0 Å². The molecule has 0 aliphatic carbocycles. The predicted octanol–water partition coefficient (Wildman–Crippen LogP) is -4.94. The predicted molar refractivity (Wildman–Crippen MR) is 99.9 cm³/mol. The summed E-state index contributed by atoms with van der Waals surface area (Å²) >= 11 is 0. The van der Waals surface area contributed by atoms with Gasteiger partial charge in [0.25, 0.3) is 10.1 Å². The maximum Gasteiger partial charge on any atom is 0.327 e. The molecule has 0 rings (SSSR count). The van der Waals surface area contributed by atoms with Gasteiger partial charge in [-0.1, -0.05) is 0 Å². The Balaban J connectivity index is 4.80. The van der Waals surface area contributed by atoms with Gasteiger partial charge in [-0.2, -0.15) is 8.42 Å². The topological polar surface area (TPSA) is 269 Å². The SMILES string of the molecule is NCC(=O)NC(CCCN=C(N)N)C(=O)NCC(=O)NC(CS(=O)(=O)O)C(=O)O. The smallest absolute Gasteiger partial charge is 0.327 e. The Kier molecular flexibility index (Phi) is 11.2. The first-order valence-electron chi connectivity index (χ1n) is 8.15. The van der Waals surface area contributed by atoms with Gasteiger partial charge in [-0.15, -0.1) is 0 Å². The number of nitrogens with two attached hydrogens (primary N) is 3. The third kappa shape index (κ3) is 12.9. The van der Waals surface area contributed by atoms with Crippen molar-refractivity contribution >= 4 is 39.8 Å². The van der Waals surface area contributed by atoms with Crippen LogP contribution in [0.2, 0.25) is 0 Å². The zero-order valence-electron chi connectivity index (χ0n) is 15.3. The van der Waals surface area contributed by atoms with Gasteiger partial charge in [0.15, 0.2) is 5.96 Å². The minimum atomic E-state index is -4.66. The molecule has 0 spiro atoms. The number of hydrogen-bond donors (Lipinski definition) is 8. The number of amides is 3. The molecule has 166 valence electrons. The normalized spacial score (nSPS) is 12.9. The van der Waals surface area contributed by atoms with Crippen LogP contribution in [0.3, 0.4) is 0 Å². The minimum absolute atomic E-state index is 0.108. The number of carbonyl (C=O) groups is 4. The van der Waals surface area contributed by atoms with Gasteiger partial charge >= 0.3 is 5.97 Å². The van der Waals surface area contributed by atoms with Gasteiger partial charge in [-0.05, 0) is 12.8 Å². The quantitative estimate of drug-likeness (QED) is 0.0582. The lowest BCUT2D eigenvalue weighted by atomic mass is 10.1. The van der Waals surface area contributed by atoms with Crippen LogP contribution in [-0.4, -0.2) is 85.2 Å². The summed E-state index contributed by atoms with van der Waals surface area (Å²) in [5, 5.41) is 15.2. The summed E-state index contributed by atoms with van der Waals surface area (Å²) in [6, 6.07) is -2.98. The van der Waals surface area contributed by atoms with Crippen molar-refractivity contribution in [3.05, 3.63) is 0 Å². The molecule has 0 radical (unpaired) electrons. The first-order valence-corrected chi connectivity index (χ1v) is 9.76. The number of nitrogens with one attached hydrogen (secondary N) is 3.